The number of nitrogens with one attached hydrogen (secondary N) is 2. The van der Waals surface area contributed by atoms with Gasteiger partial charge in [-0.1, -0.05) is 12.1 Å². The smallest absolute Gasteiger partial charge is 0.241 e. The summed E-state index contributed by atoms with van der Waals surface area (Å²) in [6.45, 7) is 8.14. The van der Waals surface area contributed by atoms with Crippen LogP contribution in [0.2, 0.25) is 0 Å². The van der Waals surface area contributed by atoms with E-state index >= 15 is 0 Å². The van der Waals surface area contributed by atoms with Crippen LogP contribution in [0.4, 0.5) is 4.39 Å². The number of rotatable bonds is 3. The summed E-state index contributed by atoms with van der Waals surface area (Å²) in [6, 6.07) is 6.48. The molecule has 1 aromatic carbocycles. The zero-order valence-electron chi connectivity index (χ0n) is 15.6. The van der Waals surface area contributed by atoms with Gasteiger partial charge < -0.3 is 15.1 Å². The highest BCUT2D eigenvalue weighted by Gasteiger charge is 2.50. The van der Waals surface area contributed by atoms with Crippen LogP contribution in [0.1, 0.15) is 39.2 Å². The van der Waals surface area contributed by atoms with Crippen molar-refractivity contribution in [3.8, 4) is 0 Å². The number of benzene rings is 1. The molecule has 0 bridgehead atoms. The van der Waals surface area contributed by atoms with E-state index < -0.39 is 0 Å². The predicted octanol–water partition coefficient (Wildman–Crippen LogP) is 2.22. The molecule has 0 unspecified atom stereocenters. The largest absolute Gasteiger partial charge is 0.360 e. The minimum absolute atomic E-state index is 0.102. The molecule has 5 nitrogen and oxygen atoms in total. The third kappa shape index (κ3) is 3.83. The summed E-state index contributed by atoms with van der Waals surface area (Å²) in [7, 11) is 0. The number of thiocarbonyl (C=S) groups is 1. The van der Waals surface area contributed by atoms with E-state index in [4.69, 9.17) is 12.2 Å². The second-order valence-electron chi connectivity index (χ2n) is 7.54. The monoisotopic (exact) mass is 378 g/mol. The van der Waals surface area contributed by atoms with Crippen molar-refractivity contribution in [3.63, 3.8) is 0 Å². The number of nitrogens with zero attached hydrogens (tertiary/aromatic N) is 2. The van der Waals surface area contributed by atoms with Crippen molar-refractivity contribution < 1.29 is 9.18 Å². The van der Waals surface area contributed by atoms with Crippen LogP contribution in [-0.2, 0) is 11.3 Å². The third-order valence-electron chi connectivity index (χ3n) is 5.18. The summed E-state index contributed by atoms with van der Waals surface area (Å²) in [4.78, 5) is 16.9. The van der Waals surface area contributed by atoms with Gasteiger partial charge in [0.05, 0.1) is 11.7 Å². The van der Waals surface area contributed by atoms with E-state index in [9.17, 15) is 9.18 Å². The Labute approximate surface area is 159 Å². The topological polar surface area (TPSA) is 47.6 Å². The van der Waals surface area contributed by atoms with Crippen molar-refractivity contribution >= 4 is 23.2 Å². The predicted molar refractivity (Wildman–Crippen MR) is 104 cm³/mol. The Bertz CT molecular complexity index is 671. The number of carbonyl (C=O) groups is 1. The van der Waals surface area contributed by atoms with Crippen LogP contribution in [-0.4, -0.2) is 51.7 Å². The normalized spacial score (nSPS) is 22.3. The lowest BCUT2D eigenvalue weighted by Crippen LogP contribution is -2.60. The fraction of sp³-hybridized carbons (Fsp3) is 0.579. The van der Waals surface area contributed by atoms with Gasteiger partial charge in [-0.25, -0.2) is 4.39 Å². The summed E-state index contributed by atoms with van der Waals surface area (Å²) in [5, 5.41) is 7.57. The van der Waals surface area contributed by atoms with Gasteiger partial charge >= 0.3 is 0 Å². The van der Waals surface area contributed by atoms with Crippen LogP contribution >= 0.6 is 12.2 Å². The third-order valence-corrected chi connectivity index (χ3v) is 5.56. The SMILES string of the molecule is CC(C)NC(=S)N1CCC2(CC1)N[C@@H](C)C(=O)N2Cc1ccc(F)cc1. The Morgan fingerprint density at radius 3 is 2.54 bits per heavy atom. The van der Waals surface area contributed by atoms with E-state index in [0.717, 1.165) is 36.6 Å². The first-order chi connectivity index (χ1) is 12.3. The Morgan fingerprint density at radius 2 is 1.96 bits per heavy atom. The van der Waals surface area contributed by atoms with Gasteiger partial charge in [0, 0.05) is 38.5 Å². The van der Waals surface area contributed by atoms with Crippen molar-refractivity contribution in [2.75, 3.05) is 13.1 Å². The van der Waals surface area contributed by atoms with Crippen molar-refractivity contribution in [1.82, 2.24) is 20.4 Å². The number of likely N-dealkylation sites (tertiary alicyclic amines) is 1. The first-order valence-electron chi connectivity index (χ1n) is 9.20. The summed E-state index contributed by atoms with van der Waals surface area (Å²) in [5.41, 5.74) is 0.587. The summed E-state index contributed by atoms with van der Waals surface area (Å²) >= 11 is 5.48. The molecule has 1 atom stereocenters. The van der Waals surface area contributed by atoms with Crippen LogP contribution in [0.5, 0.6) is 0 Å². The Morgan fingerprint density at radius 1 is 1.35 bits per heavy atom. The highest BCUT2D eigenvalue weighted by molar-refractivity contribution is 7.80. The molecule has 1 amide bonds. The van der Waals surface area contributed by atoms with Gasteiger partial charge in [0.25, 0.3) is 0 Å². The van der Waals surface area contributed by atoms with E-state index in [1.165, 1.54) is 12.1 Å². The second-order valence-corrected chi connectivity index (χ2v) is 7.93. The van der Waals surface area contributed by atoms with Gasteiger partial charge in [-0.05, 0) is 50.7 Å². The first-order valence-corrected chi connectivity index (χ1v) is 9.61. The number of hydrogen-bond acceptors (Lipinski definition) is 3. The minimum atomic E-state index is -0.352. The van der Waals surface area contributed by atoms with Crippen molar-refractivity contribution in [1.29, 1.82) is 0 Å². The lowest BCUT2D eigenvalue weighted by molar-refractivity contribution is -0.133. The number of halogens is 1. The average Bonchev–Trinajstić information content (AvgIpc) is 2.81. The Kier molecular flexibility index (Phi) is 5.48. The number of piperidine rings is 1. The highest BCUT2D eigenvalue weighted by atomic mass is 32.1. The van der Waals surface area contributed by atoms with E-state index in [1.54, 1.807) is 12.1 Å². The van der Waals surface area contributed by atoms with E-state index in [0.29, 0.717) is 12.6 Å². The van der Waals surface area contributed by atoms with Gasteiger partial charge in [-0.15, -0.1) is 0 Å². The van der Waals surface area contributed by atoms with Gasteiger partial charge in [-0.3, -0.25) is 10.1 Å². The maximum absolute atomic E-state index is 13.2. The van der Waals surface area contributed by atoms with Crippen molar-refractivity contribution in [2.45, 2.75) is 57.9 Å². The Balaban J connectivity index is 1.72. The van der Waals surface area contributed by atoms with Crippen molar-refractivity contribution in [3.05, 3.63) is 35.6 Å². The lowest BCUT2D eigenvalue weighted by atomic mass is 9.95. The molecule has 3 rings (SSSR count). The molecule has 0 aromatic heterocycles. The average molecular weight is 379 g/mol. The molecule has 0 radical (unpaired) electrons. The fourth-order valence-electron chi connectivity index (χ4n) is 3.82. The number of hydrogen-bond donors (Lipinski definition) is 2. The van der Waals surface area contributed by atoms with E-state index in [1.807, 2.05) is 11.8 Å². The quantitative estimate of drug-likeness (QED) is 0.790. The zero-order chi connectivity index (χ0) is 18.9. The summed E-state index contributed by atoms with van der Waals surface area (Å²) < 4.78 is 13.2. The van der Waals surface area contributed by atoms with Crippen LogP contribution in [0.25, 0.3) is 0 Å². The van der Waals surface area contributed by atoms with Gasteiger partial charge in [0.15, 0.2) is 5.11 Å². The molecule has 142 valence electrons. The summed E-state index contributed by atoms with van der Waals surface area (Å²) in [5.74, 6) is -0.159. The zero-order valence-corrected chi connectivity index (χ0v) is 16.4. The molecule has 1 spiro atoms. The lowest BCUT2D eigenvalue weighted by Gasteiger charge is -2.45. The van der Waals surface area contributed by atoms with Gasteiger partial charge in [0.1, 0.15) is 5.82 Å². The van der Waals surface area contributed by atoms with E-state index in [2.05, 4.69) is 29.4 Å². The molecular formula is C19H27FN4OS. The van der Waals surface area contributed by atoms with Crippen LogP contribution in [0.15, 0.2) is 24.3 Å². The van der Waals surface area contributed by atoms with Crippen molar-refractivity contribution in [2.24, 2.45) is 0 Å². The van der Waals surface area contributed by atoms with Gasteiger partial charge in [0.2, 0.25) is 5.91 Å². The molecule has 2 fully saturated rings. The fourth-order valence-corrected chi connectivity index (χ4v) is 4.24. The van der Waals surface area contributed by atoms with Crippen LogP contribution < -0.4 is 10.6 Å². The van der Waals surface area contributed by atoms with Crippen LogP contribution in [0.3, 0.4) is 0 Å². The molecule has 26 heavy (non-hydrogen) atoms. The molecule has 2 saturated heterocycles. The molecule has 2 aliphatic heterocycles. The molecule has 2 heterocycles. The van der Waals surface area contributed by atoms with Gasteiger partial charge in [-0.2, -0.15) is 0 Å². The molecule has 0 aliphatic carbocycles. The Hall–Kier alpha value is -1.73. The van der Waals surface area contributed by atoms with E-state index in [-0.39, 0.29) is 23.4 Å². The number of amides is 1. The van der Waals surface area contributed by atoms with Crippen LogP contribution in [0, 0.1) is 5.82 Å². The molecule has 2 N–H and O–H groups in total. The molecular weight excluding hydrogens is 351 g/mol. The highest BCUT2D eigenvalue weighted by Crippen LogP contribution is 2.33. The second kappa shape index (κ2) is 7.48. The maximum Gasteiger partial charge on any atom is 0.241 e. The number of carbonyl (C=O) groups excluding carboxylic acids is 1. The minimum Gasteiger partial charge on any atom is -0.360 e. The molecule has 2 aliphatic rings. The molecule has 0 saturated carbocycles. The molecule has 1 aromatic rings. The molecule has 7 heteroatoms. The maximum atomic E-state index is 13.2. The summed E-state index contributed by atoms with van der Waals surface area (Å²) in [6.07, 6.45) is 1.62. The standard InChI is InChI=1S/C19H27FN4OS/c1-13(2)21-18(26)23-10-8-19(9-11-23)22-14(3)17(25)24(19)12-15-4-6-16(20)7-5-15/h4-7,13-14,22H,8-12H2,1-3H3,(H,21,26)/t14-/m0/s1. The first kappa shape index (κ1) is 19.0.